The fourth-order valence-corrected chi connectivity index (χ4v) is 3.02. The van der Waals surface area contributed by atoms with E-state index in [9.17, 15) is 0 Å². The Hall–Kier alpha value is -0.450. The molecule has 0 aliphatic rings. The highest BCUT2D eigenvalue weighted by molar-refractivity contribution is 7.09. The molecule has 104 valence electrons. The third kappa shape index (κ3) is 4.67. The summed E-state index contributed by atoms with van der Waals surface area (Å²) in [6, 6.07) is 0.558. The molecular weight excluding hydrogens is 242 g/mol. The van der Waals surface area contributed by atoms with Crippen LogP contribution in [0.5, 0.6) is 0 Å². The predicted octanol–water partition coefficient (Wildman–Crippen LogP) is 2.91. The van der Waals surface area contributed by atoms with Crippen LogP contribution < -0.4 is 5.32 Å². The maximum absolute atomic E-state index is 4.30. The molecule has 0 radical (unpaired) electrons. The number of hydrogen-bond acceptors (Lipinski definition) is 4. The smallest absolute Gasteiger partial charge is 0.0798 e. The Kier molecular flexibility index (Phi) is 5.76. The lowest BCUT2D eigenvalue weighted by Gasteiger charge is -2.31. The minimum absolute atomic E-state index is 0.315. The van der Waals surface area contributed by atoms with Crippen molar-refractivity contribution in [3.8, 4) is 0 Å². The quantitative estimate of drug-likeness (QED) is 0.860. The van der Waals surface area contributed by atoms with Gasteiger partial charge in [-0.3, -0.25) is 0 Å². The monoisotopic (exact) mass is 269 g/mol. The van der Waals surface area contributed by atoms with E-state index in [0.717, 1.165) is 13.1 Å². The average molecular weight is 269 g/mol. The molecule has 0 saturated heterocycles. The highest BCUT2D eigenvalue weighted by Crippen LogP contribution is 2.22. The van der Waals surface area contributed by atoms with Gasteiger partial charge in [-0.05, 0) is 39.4 Å². The average Bonchev–Trinajstić information content (AvgIpc) is 2.63. The van der Waals surface area contributed by atoms with Crippen molar-refractivity contribution in [1.82, 2.24) is 15.2 Å². The van der Waals surface area contributed by atoms with Gasteiger partial charge in [0, 0.05) is 17.5 Å². The van der Waals surface area contributed by atoms with Crippen LogP contribution in [0.1, 0.15) is 37.8 Å². The van der Waals surface area contributed by atoms with E-state index in [4.69, 9.17) is 0 Å². The van der Waals surface area contributed by atoms with Crippen LogP contribution in [0.15, 0.2) is 5.51 Å². The molecule has 3 nitrogen and oxygen atoms in total. The van der Waals surface area contributed by atoms with E-state index >= 15 is 0 Å². The van der Waals surface area contributed by atoms with Crippen LogP contribution >= 0.6 is 11.3 Å². The maximum Gasteiger partial charge on any atom is 0.0798 e. The first-order chi connectivity index (χ1) is 8.34. The van der Waals surface area contributed by atoms with Crippen molar-refractivity contribution in [3.05, 3.63) is 16.1 Å². The molecule has 0 fully saturated rings. The standard InChI is InChI=1S/C14H27N3S/c1-11-12(18-10-16-11)9-17(6)8-7-13(15-5)14(2,3)4/h10,13,15H,7-9H2,1-6H3. The van der Waals surface area contributed by atoms with Crippen molar-refractivity contribution in [3.63, 3.8) is 0 Å². The summed E-state index contributed by atoms with van der Waals surface area (Å²) in [4.78, 5) is 8.07. The molecule has 1 atom stereocenters. The van der Waals surface area contributed by atoms with E-state index in [1.165, 1.54) is 17.0 Å². The lowest BCUT2D eigenvalue weighted by Crippen LogP contribution is -2.40. The normalized spacial score (nSPS) is 14.2. The van der Waals surface area contributed by atoms with Crippen LogP contribution in [-0.4, -0.2) is 36.6 Å². The Morgan fingerprint density at radius 1 is 1.44 bits per heavy atom. The van der Waals surface area contributed by atoms with E-state index in [-0.39, 0.29) is 0 Å². The molecule has 1 aromatic rings. The van der Waals surface area contributed by atoms with Crippen LogP contribution in [-0.2, 0) is 6.54 Å². The molecule has 18 heavy (non-hydrogen) atoms. The number of thiazole rings is 1. The Balaban J connectivity index is 2.41. The molecule has 1 unspecified atom stereocenters. The molecular formula is C14H27N3S. The predicted molar refractivity (Wildman–Crippen MR) is 80.1 cm³/mol. The van der Waals surface area contributed by atoms with Crippen molar-refractivity contribution in [2.75, 3.05) is 20.6 Å². The van der Waals surface area contributed by atoms with Gasteiger partial charge in [0.05, 0.1) is 11.2 Å². The number of hydrogen-bond donors (Lipinski definition) is 1. The number of aryl methyl sites for hydroxylation is 1. The van der Waals surface area contributed by atoms with E-state index < -0.39 is 0 Å². The molecule has 1 rings (SSSR count). The van der Waals surface area contributed by atoms with Gasteiger partial charge in [-0.2, -0.15) is 0 Å². The summed E-state index contributed by atoms with van der Waals surface area (Å²) in [5, 5.41) is 3.43. The van der Waals surface area contributed by atoms with Crippen LogP contribution in [0, 0.1) is 12.3 Å². The van der Waals surface area contributed by atoms with Crippen molar-refractivity contribution >= 4 is 11.3 Å². The van der Waals surface area contributed by atoms with Crippen molar-refractivity contribution in [1.29, 1.82) is 0 Å². The summed E-state index contributed by atoms with van der Waals surface area (Å²) in [6.07, 6.45) is 1.17. The van der Waals surface area contributed by atoms with Crippen LogP contribution in [0.3, 0.4) is 0 Å². The van der Waals surface area contributed by atoms with Crippen LogP contribution in [0.4, 0.5) is 0 Å². The second-order valence-corrected chi connectivity index (χ2v) is 7.03. The zero-order valence-corrected chi connectivity index (χ0v) is 13.4. The van der Waals surface area contributed by atoms with Gasteiger partial charge in [0.25, 0.3) is 0 Å². The first kappa shape index (κ1) is 15.6. The maximum atomic E-state index is 4.30. The number of aromatic nitrogens is 1. The van der Waals surface area contributed by atoms with Gasteiger partial charge in [-0.1, -0.05) is 20.8 Å². The SMILES string of the molecule is CNC(CCN(C)Cc1scnc1C)C(C)(C)C. The topological polar surface area (TPSA) is 28.2 Å². The summed E-state index contributed by atoms with van der Waals surface area (Å²) in [7, 11) is 4.25. The van der Waals surface area contributed by atoms with Crippen LogP contribution in [0.25, 0.3) is 0 Å². The molecule has 0 bridgehead atoms. The first-order valence-electron chi connectivity index (χ1n) is 6.59. The molecule has 0 aromatic carbocycles. The highest BCUT2D eigenvalue weighted by atomic mass is 32.1. The zero-order valence-electron chi connectivity index (χ0n) is 12.6. The van der Waals surface area contributed by atoms with E-state index in [1.807, 2.05) is 5.51 Å². The summed E-state index contributed by atoms with van der Waals surface area (Å²) in [5.41, 5.74) is 3.42. The van der Waals surface area contributed by atoms with Gasteiger partial charge in [0.1, 0.15) is 0 Å². The van der Waals surface area contributed by atoms with Gasteiger partial charge >= 0.3 is 0 Å². The summed E-state index contributed by atoms with van der Waals surface area (Å²) in [5.74, 6) is 0. The zero-order chi connectivity index (χ0) is 13.8. The number of nitrogens with zero attached hydrogens (tertiary/aromatic N) is 2. The van der Waals surface area contributed by atoms with E-state index in [0.29, 0.717) is 11.5 Å². The Labute approximate surface area is 116 Å². The highest BCUT2D eigenvalue weighted by Gasteiger charge is 2.22. The minimum atomic E-state index is 0.315. The fourth-order valence-electron chi connectivity index (χ4n) is 2.16. The molecule has 1 N–H and O–H groups in total. The van der Waals surface area contributed by atoms with Gasteiger partial charge in [0.15, 0.2) is 0 Å². The second-order valence-electron chi connectivity index (χ2n) is 6.09. The molecule has 1 aromatic heterocycles. The molecule has 1 heterocycles. The lowest BCUT2D eigenvalue weighted by atomic mass is 9.85. The summed E-state index contributed by atoms with van der Waals surface area (Å²) in [6.45, 7) is 11.1. The Morgan fingerprint density at radius 3 is 2.56 bits per heavy atom. The third-order valence-corrected chi connectivity index (χ3v) is 4.37. The molecule has 0 saturated carbocycles. The number of rotatable bonds is 6. The van der Waals surface area contributed by atoms with Gasteiger partial charge < -0.3 is 10.2 Å². The van der Waals surface area contributed by atoms with E-state index in [1.54, 1.807) is 11.3 Å². The summed E-state index contributed by atoms with van der Waals surface area (Å²) >= 11 is 1.76. The molecule has 4 heteroatoms. The van der Waals surface area contributed by atoms with Crippen molar-refractivity contribution in [2.45, 2.75) is 46.7 Å². The number of nitrogens with one attached hydrogen (secondary N) is 1. The van der Waals surface area contributed by atoms with Gasteiger partial charge in [0.2, 0.25) is 0 Å². The fraction of sp³-hybridized carbons (Fsp3) is 0.786. The lowest BCUT2D eigenvalue weighted by molar-refractivity contribution is 0.227. The minimum Gasteiger partial charge on any atom is -0.316 e. The third-order valence-electron chi connectivity index (χ3n) is 3.45. The Bertz CT molecular complexity index is 354. The van der Waals surface area contributed by atoms with Gasteiger partial charge in [-0.25, -0.2) is 4.98 Å². The first-order valence-corrected chi connectivity index (χ1v) is 7.47. The Morgan fingerprint density at radius 2 is 2.11 bits per heavy atom. The second kappa shape index (κ2) is 6.64. The molecule has 0 aliphatic carbocycles. The van der Waals surface area contributed by atoms with Gasteiger partial charge in [-0.15, -0.1) is 11.3 Å². The molecule has 0 spiro atoms. The molecule has 0 amide bonds. The van der Waals surface area contributed by atoms with Crippen LogP contribution in [0.2, 0.25) is 0 Å². The summed E-state index contributed by atoms with van der Waals surface area (Å²) < 4.78 is 0. The van der Waals surface area contributed by atoms with Crippen molar-refractivity contribution in [2.24, 2.45) is 5.41 Å². The van der Waals surface area contributed by atoms with E-state index in [2.05, 4.69) is 57.0 Å². The largest absolute Gasteiger partial charge is 0.316 e. The van der Waals surface area contributed by atoms with Crippen molar-refractivity contribution < 1.29 is 0 Å². The molecule has 0 aliphatic heterocycles.